The summed E-state index contributed by atoms with van der Waals surface area (Å²) in [5, 5.41) is 2.36. The first-order valence-corrected chi connectivity index (χ1v) is 10.3. The molecule has 2 aromatic rings. The van der Waals surface area contributed by atoms with Gasteiger partial charge in [0.15, 0.2) is 0 Å². The number of carbonyl (C=O) groups is 4. The smallest absolute Gasteiger partial charge is 0.243 e. The Morgan fingerprint density at radius 1 is 1.12 bits per heavy atom. The molecule has 1 aliphatic heterocycles. The van der Waals surface area contributed by atoms with Crippen LogP contribution in [-0.4, -0.2) is 49.0 Å². The molecule has 2 aromatic carbocycles. The zero-order chi connectivity index (χ0) is 22.9. The predicted octanol–water partition coefficient (Wildman–Crippen LogP) is 2.37. The molecule has 1 unspecified atom stereocenters. The lowest BCUT2D eigenvalue weighted by Gasteiger charge is -2.30. The number of nitrogens with zero attached hydrogens (tertiary/aromatic N) is 1. The van der Waals surface area contributed by atoms with Crippen molar-refractivity contribution in [2.24, 2.45) is 0 Å². The number of aldehydes is 2. The van der Waals surface area contributed by atoms with Crippen LogP contribution in [0.5, 0.6) is 5.75 Å². The van der Waals surface area contributed by atoms with Crippen molar-refractivity contribution < 1.29 is 23.9 Å². The lowest BCUT2D eigenvalue weighted by molar-refractivity contribution is -0.137. The van der Waals surface area contributed by atoms with Crippen molar-refractivity contribution in [2.75, 3.05) is 13.7 Å². The van der Waals surface area contributed by atoms with Crippen molar-refractivity contribution in [2.45, 2.75) is 31.8 Å². The number of likely N-dealkylation sites (N-methyl/N-ethyl adjacent to an activating group) is 1. The van der Waals surface area contributed by atoms with Crippen LogP contribution in [0.25, 0.3) is 0 Å². The first-order chi connectivity index (χ1) is 15.5. The third-order valence-electron chi connectivity index (χ3n) is 5.22. The summed E-state index contributed by atoms with van der Waals surface area (Å²) in [6, 6.07) is 11.7. The van der Waals surface area contributed by atoms with Gasteiger partial charge in [-0.25, -0.2) is 0 Å². The molecule has 2 amide bonds. The SMILES string of the molecule is CN(Cc1c(C#CCCOc2ccc(C=O)cc2)cccc1C=O)C1CCC(=O)NC1=O. The topological polar surface area (TPSA) is 92.8 Å². The van der Waals surface area contributed by atoms with E-state index in [4.69, 9.17) is 4.74 Å². The second-order valence-corrected chi connectivity index (χ2v) is 7.46. The van der Waals surface area contributed by atoms with E-state index in [0.29, 0.717) is 54.9 Å². The number of ether oxygens (including phenoxy) is 1. The van der Waals surface area contributed by atoms with Gasteiger partial charge in [-0.3, -0.25) is 29.4 Å². The van der Waals surface area contributed by atoms with Crippen molar-refractivity contribution in [3.63, 3.8) is 0 Å². The van der Waals surface area contributed by atoms with Crippen LogP contribution in [0.2, 0.25) is 0 Å². The molecule has 1 N–H and O–H groups in total. The van der Waals surface area contributed by atoms with Gasteiger partial charge in [0.05, 0.1) is 12.6 Å². The third-order valence-corrected chi connectivity index (χ3v) is 5.22. The molecule has 7 nitrogen and oxygen atoms in total. The maximum Gasteiger partial charge on any atom is 0.243 e. The summed E-state index contributed by atoms with van der Waals surface area (Å²) in [4.78, 5) is 47.7. The van der Waals surface area contributed by atoms with Crippen LogP contribution in [0.1, 0.15) is 51.1 Å². The molecule has 7 heteroatoms. The standard InChI is InChI=1S/C25H24N2O5/c1-27(23-12-13-24(30)26-25(23)31)15-22-19(6-4-7-20(22)17-29)5-2-3-14-32-21-10-8-18(16-28)9-11-21/h4,6-11,16-17,23H,3,12-15H2,1H3,(H,26,30,31). The highest BCUT2D eigenvalue weighted by atomic mass is 16.5. The average molecular weight is 432 g/mol. The first kappa shape index (κ1) is 22.9. The molecular formula is C25H24N2O5. The van der Waals surface area contributed by atoms with Gasteiger partial charge in [0.25, 0.3) is 0 Å². The molecule has 0 bridgehead atoms. The van der Waals surface area contributed by atoms with E-state index in [1.54, 1.807) is 43.4 Å². The fraction of sp³-hybridized carbons (Fsp3) is 0.280. The van der Waals surface area contributed by atoms with Crippen LogP contribution in [-0.2, 0) is 16.1 Å². The number of imide groups is 1. The van der Waals surface area contributed by atoms with Crippen LogP contribution in [0.15, 0.2) is 42.5 Å². The minimum absolute atomic E-state index is 0.263. The van der Waals surface area contributed by atoms with E-state index in [1.165, 1.54) is 0 Å². The van der Waals surface area contributed by atoms with Gasteiger partial charge < -0.3 is 4.74 Å². The molecule has 0 spiro atoms. The zero-order valence-electron chi connectivity index (χ0n) is 17.8. The van der Waals surface area contributed by atoms with Gasteiger partial charge in [-0.2, -0.15) is 0 Å². The van der Waals surface area contributed by atoms with Crippen LogP contribution >= 0.6 is 0 Å². The Morgan fingerprint density at radius 2 is 1.91 bits per heavy atom. The number of benzene rings is 2. The Bertz CT molecular complexity index is 1070. The quantitative estimate of drug-likeness (QED) is 0.298. The van der Waals surface area contributed by atoms with E-state index in [0.717, 1.165) is 18.1 Å². The predicted molar refractivity (Wildman–Crippen MR) is 118 cm³/mol. The van der Waals surface area contributed by atoms with E-state index in [1.807, 2.05) is 11.0 Å². The molecule has 1 atom stereocenters. The fourth-order valence-electron chi connectivity index (χ4n) is 3.49. The maximum absolute atomic E-state index is 12.2. The van der Waals surface area contributed by atoms with E-state index >= 15 is 0 Å². The summed E-state index contributed by atoms with van der Waals surface area (Å²) in [6.07, 6.45) is 2.77. The Labute approximate surface area is 186 Å². The number of rotatable bonds is 8. The Morgan fingerprint density at radius 3 is 2.59 bits per heavy atom. The Hall–Kier alpha value is -3.76. The van der Waals surface area contributed by atoms with Gasteiger partial charge in [-0.05, 0) is 49.4 Å². The highest BCUT2D eigenvalue weighted by Gasteiger charge is 2.30. The van der Waals surface area contributed by atoms with Gasteiger partial charge in [0, 0.05) is 36.1 Å². The van der Waals surface area contributed by atoms with Gasteiger partial charge >= 0.3 is 0 Å². The highest BCUT2D eigenvalue weighted by Crippen LogP contribution is 2.19. The number of hydrogen-bond donors (Lipinski definition) is 1. The molecule has 0 aromatic heterocycles. The Balaban J connectivity index is 1.65. The van der Waals surface area contributed by atoms with E-state index in [2.05, 4.69) is 17.2 Å². The van der Waals surface area contributed by atoms with Crippen LogP contribution in [0.3, 0.4) is 0 Å². The normalized spacial score (nSPS) is 15.5. The lowest BCUT2D eigenvalue weighted by atomic mass is 9.99. The molecule has 1 fully saturated rings. The van der Waals surface area contributed by atoms with Gasteiger partial charge in [0.2, 0.25) is 11.8 Å². The van der Waals surface area contributed by atoms with Gasteiger partial charge in [-0.15, -0.1) is 0 Å². The number of nitrogens with one attached hydrogen (secondary N) is 1. The molecule has 164 valence electrons. The summed E-state index contributed by atoms with van der Waals surface area (Å²) in [7, 11) is 1.79. The number of hydrogen-bond acceptors (Lipinski definition) is 6. The minimum Gasteiger partial charge on any atom is -0.493 e. The molecule has 1 saturated heterocycles. The van der Waals surface area contributed by atoms with E-state index in [-0.39, 0.29) is 11.8 Å². The fourth-order valence-corrected chi connectivity index (χ4v) is 3.49. The molecule has 0 radical (unpaired) electrons. The largest absolute Gasteiger partial charge is 0.493 e. The Kier molecular flexibility index (Phi) is 7.90. The minimum atomic E-state index is -0.438. The number of amides is 2. The highest BCUT2D eigenvalue weighted by molar-refractivity contribution is 6.00. The van der Waals surface area contributed by atoms with Crippen molar-refractivity contribution in [1.29, 1.82) is 0 Å². The van der Waals surface area contributed by atoms with Crippen molar-refractivity contribution in [3.8, 4) is 17.6 Å². The van der Waals surface area contributed by atoms with Crippen molar-refractivity contribution >= 4 is 24.4 Å². The van der Waals surface area contributed by atoms with Gasteiger partial charge in [-0.1, -0.05) is 24.0 Å². The third kappa shape index (κ3) is 5.90. The van der Waals surface area contributed by atoms with Crippen LogP contribution in [0.4, 0.5) is 0 Å². The average Bonchev–Trinajstić information content (AvgIpc) is 2.80. The monoisotopic (exact) mass is 432 g/mol. The number of carbonyl (C=O) groups excluding carboxylic acids is 4. The second-order valence-electron chi connectivity index (χ2n) is 7.46. The zero-order valence-corrected chi connectivity index (χ0v) is 17.8. The van der Waals surface area contributed by atoms with E-state index < -0.39 is 6.04 Å². The number of piperidine rings is 1. The van der Waals surface area contributed by atoms with Crippen molar-refractivity contribution in [1.82, 2.24) is 10.2 Å². The molecule has 32 heavy (non-hydrogen) atoms. The maximum atomic E-state index is 12.2. The van der Waals surface area contributed by atoms with Crippen molar-refractivity contribution in [3.05, 3.63) is 64.7 Å². The van der Waals surface area contributed by atoms with Crippen LogP contribution < -0.4 is 10.1 Å². The first-order valence-electron chi connectivity index (χ1n) is 10.3. The summed E-state index contributed by atoms with van der Waals surface area (Å²) in [5.41, 5.74) is 2.56. The molecule has 1 aliphatic rings. The summed E-state index contributed by atoms with van der Waals surface area (Å²) in [5.74, 6) is 6.24. The molecule has 0 saturated carbocycles. The molecular weight excluding hydrogens is 408 g/mol. The van der Waals surface area contributed by atoms with E-state index in [9.17, 15) is 19.2 Å². The summed E-state index contributed by atoms with van der Waals surface area (Å²) in [6.45, 7) is 0.733. The lowest BCUT2D eigenvalue weighted by Crippen LogP contribution is -2.51. The molecule has 1 heterocycles. The van der Waals surface area contributed by atoms with Crippen LogP contribution in [0, 0.1) is 11.8 Å². The summed E-state index contributed by atoms with van der Waals surface area (Å²) < 4.78 is 5.63. The molecule has 0 aliphatic carbocycles. The second kappa shape index (κ2) is 11.0. The van der Waals surface area contributed by atoms with Gasteiger partial charge in [0.1, 0.15) is 18.3 Å². The summed E-state index contributed by atoms with van der Waals surface area (Å²) >= 11 is 0. The molecule has 3 rings (SSSR count).